The van der Waals surface area contributed by atoms with Gasteiger partial charge in [-0.3, -0.25) is 9.88 Å². The van der Waals surface area contributed by atoms with Crippen molar-refractivity contribution in [1.82, 2.24) is 24.3 Å². The van der Waals surface area contributed by atoms with Crippen LogP contribution in [0.4, 0.5) is 0 Å². The summed E-state index contributed by atoms with van der Waals surface area (Å²) < 4.78 is 2.39. The minimum Gasteiger partial charge on any atom is -0.328 e. The van der Waals surface area contributed by atoms with Crippen LogP contribution >= 0.6 is 0 Å². The lowest BCUT2D eigenvalue weighted by Crippen LogP contribution is -2.41. The monoisotopic (exact) mass is 347 g/mol. The van der Waals surface area contributed by atoms with E-state index in [1.54, 1.807) is 0 Å². The van der Waals surface area contributed by atoms with E-state index in [9.17, 15) is 0 Å². The standard InChI is InChI=1S/C21H25N5/c1-2-6-21-17(5-1)7-8-18(23-21)12-25-13-19-11-22-16-26(19)20(15-25)14-24-9-3-4-10-24/h1-2,5-8,11,16,20H,3-4,9-10,12-15H2. The SMILES string of the molecule is c1ccc2nc(CN3Cc4cncn4C(CN4CCCC4)C3)ccc2c1. The second kappa shape index (κ2) is 6.82. The van der Waals surface area contributed by atoms with Crippen LogP contribution in [-0.4, -0.2) is 50.5 Å². The van der Waals surface area contributed by atoms with Crippen LogP contribution in [0.25, 0.3) is 10.9 Å². The maximum atomic E-state index is 4.87. The number of aromatic nitrogens is 3. The molecule has 2 aliphatic rings. The minimum absolute atomic E-state index is 0.486. The molecule has 5 heteroatoms. The van der Waals surface area contributed by atoms with E-state index in [4.69, 9.17) is 4.98 Å². The molecule has 0 bridgehead atoms. The van der Waals surface area contributed by atoms with Gasteiger partial charge in [0.05, 0.1) is 29.3 Å². The first-order valence-corrected chi connectivity index (χ1v) is 9.65. The number of likely N-dealkylation sites (tertiary alicyclic amines) is 1. The van der Waals surface area contributed by atoms with Gasteiger partial charge < -0.3 is 9.47 Å². The van der Waals surface area contributed by atoms with E-state index < -0.39 is 0 Å². The summed E-state index contributed by atoms with van der Waals surface area (Å²) in [5.74, 6) is 0. The Balaban J connectivity index is 1.35. The Morgan fingerprint density at radius 3 is 2.81 bits per heavy atom. The van der Waals surface area contributed by atoms with E-state index >= 15 is 0 Å². The van der Waals surface area contributed by atoms with Gasteiger partial charge in [-0.05, 0) is 38.1 Å². The average molecular weight is 347 g/mol. The van der Waals surface area contributed by atoms with Gasteiger partial charge in [0.2, 0.25) is 0 Å². The smallest absolute Gasteiger partial charge is 0.0952 e. The summed E-state index contributed by atoms with van der Waals surface area (Å²) in [5.41, 5.74) is 3.55. The van der Waals surface area contributed by atoms with Crippen LogP contribution in [0.1, 0.15) is 30.3 Å². The van der Waals surface area contributed by atoms with Gasteiger partial charge in [0.25, 0.3) is 0 Å². The van der Waals surface area contributed by atoms with Crippen LogP contribution in [-0.2, 0) is 13.1 Å². The predicted molar refractivity (Wildman–Crippen MR) is 103 cm³/mol. The van der Waals surface area contributed by atoms with Crippen LogP contribution in [0.5, 0.6) is 0 Å². The predicted octanol–water partition coefficient (Wildman–Crippen LogP) is 3.08. The zero-order valence-electron chi connectivity index (χ0n) is 15.1. The van der Waals surface area contributed by atoms with Crippen LogP contribution in [0, 0.1) is 0 Å². The summed E-state index contributed by atoms with van der Waals surface area (Å²) in [6, 6.07) is 13.2. The van der Waals surface area contributed by atoms with E-state index in [1.807, 2.05) is 12.5 Å². The van der Waals surface area contributed by atoms with E-state index in [0.29, 0.717) is 6.04 Å². The lowest BCUT2D eigenvalue weighted by molar-refractivity contribution is 0.147. The van der Waals surface area contributed by atoms with Gasteiger partial charge in [-0.25, -0.2) is 4.98 Å². The molecule has 26 heavy (non-hydrogen) atoms. The maximum absolute atomic E-state index is 4.87. The zero-order valence-corrected chi connectivity index (χ0v) is 15.1. The number of fused-ring (bicyclic) bond motifs is 2. The number of imidazole rings is 1. The molecule has 1 unspecified atom stereocenters. The second-order valence-electron chi connectivity index (χ2n) is 7.62. The van der Waals surface area contributed by atoms with E-state index in [1.165, 1.54) is 37.0 Å². The zero-order chi connectivity index (χ0) is 17.3. The Kier molecular flexibility index (Phi) is 4.19. The first-order chi connectivity index (χ1) is 12.8. The summed E-state index contributed by atoms with van der Waals surface area (Å²) in [4.78, 5) is 14.4. The Morgan fingerprint density at radius 1 is 1.00 bits per heavy atom. The molecule has 4 heterocycles. The number of hydrogen-bond acceptors (Lipinski definition) is 4. The van der Waals surface area contributed by atoms with Crippen molar-refractivity contribution >= 4 is 10.9 Å². The van der Waals surface area contributed by atoms with E-state index in [-0.39, 0.29) is 0 Å². The van der Waals surface area contributed by atoms with Gasteiger partial charge in [-0.2, -0.15) is 0 Å². The van der Waals surface area contributed by atoms with E-state index in [0.717, 1.165) is 37.4 Å². The van der Waals surface area contributed by atoms with Crippen LogP contribution in [0.2, 0.25) is 0 Å². The molecule has 0 N–H and O–H groups in total. The lowest BCUT2D eigenvalue weighted by Gasteiger charge is -2.36. The fourth-order valence-corrected chi connectivity index (χ4v) is 4.42. The van der Waals surface area contributed by atoms with Crippen molar-refractivity contribution in [1.29, 1.82) is 0 Å². The normalized spacial score (nSPS) is 21.3. The molecule has 1 saturated heterocycles. The minimum atomic E-state index is 0.486. The number of para-hydroxylation sites is 1. The largest absolute Gasteiger partial charge is 0.328 e. The van der Waals surface area contributed by atoms with Gasteiger partial charge in [-0.1, -0.05) is 24.3 Å². The molecular weight excluding hydrogens is 322 g/mol. The fourth-order valence-electron chi connectivity index (χ4n) is 4.42. The molecule has 0 amide bonds. The Labute approximate surface area is 154 Å². The molecule has 3 aromatic rings. The third-order valence-electron chi connectivity index (χ3n) is 5.70. The molecule has 0 saturated carbocycles. The molecule has 5 rings (SSSR count). The molecule has 1 aromatic carbocycles. The molecule has 2 aliphatic heterocycles. The van der Waals surface area contributed by atoms with E-state index in [2.05, 4.69) is 55.7 Å². The first-order valence-electron chi connectivity index (χ1n) is 9.65. The number of rotatable bonds is 4. The molecule has 0 spiro atoms. The quantitative estimate of drug-likeness (QED) is 0.727. The summed E-state index contributed by atoms with van der Waals surface area (Å²) in [7, 11) is 0. The molecule has 134 valence electrons. The number of pyridine rings is 1. The molecule has 0 aliphatic carbocycles. The van der Waals surface area contributed by atoms with Gasteiger partial charge in [0.15, 0.2) is 0 Å². The highest BCUT2D eigenvalue weighted by molar-refractivity contribution is 5.78. The molecule has 1 atom stereocenters. The molecule has 2 aromatic heterocycles. The van der Waals surface area contributed by atoms with Crippen LogP contribution in [0.15, 0.2) is 48.9 Å². The number of benzene rings is 1. The third-order valence-corrected chi connectivity index (χ3v) is 5.70. The Bertz CT molecular complexity index is 896. The second-order valence-corrected chi connectivity index (χ2v) is 7.62. The number of hydrogen-bond donors (Lipinski definition) is 0. The molecule has 0 radical (unpaired) electrons. The van der Waals surface area contributed by atoms with Crippen molar-refractivity contribution in [2.24, 2.45) is 0 Å². The van der Waals surface area contributed by atoms with Gasteiger partial charge in [-0.15, -0.1) is 0 Å². The van der Waals surface area contributed by atoms with Crippen LogP contribution < -0.4 is 0 Å². The maximum Gasteiger partial charge on any atom is 0.0952 e. The molecule has 1 fully saturated rings. The third kappa shape index (κ3) is 3.13. The van der Waals surface area contributed by atoms with Gasteiger partial charge in [0, 0.05) is 37.8 Å². The van der Waals surface area contributed by atoms with Gasteiger partial charge in [0.1, 0.15) is 0 Å². The highest BCUT2D eigenvalue weighted by Gasteiger charge is 2.27. The highest BCUT2D eigenvalue weighted by Crippen LogP contribution is 2.24. The van der Waals surface area contributed by atoms with Crippen molar-refractivity contribution in [2.75, 3.05) is 26.2 Å². The number of nitrogens with zero attached hydrogens (tertiary/aromatic N) is 5. The summed E-state index contributed by atoms with van der Waals surface area (Å²) in [5, 5.41) is 1.21. The summed E-state index contributed by atoms with van der Waals surface area (Å²) >= 11 is 0. The van der Waals surface area contributed by atoms with Crippen LogP contribution in [0.3, 0.4) is 0 Å². The highest BCUT2D eigenvalue weighted by atomic mass is 15.3. The van der Waals surface area contributed by atoms with Crippen molar-refractivity contribution in [2.45, 2.75) is 32.0 Å². The lowest BCUT2D eigenvalue weighted by atomic mass is 10.1. The average Bonchev–Trinajstić information content (AvgIpc) is 3.33. The first kappa shape index (κ1) is 16.0. The Morgan fingerprint density at radius 2 is 1.88 bits per heavy atom. The summed E-state index contributed by atoms with van der Waals surface area (Å²) in [6.45, 7) is 6.52. The Hall–Kier alpha value is -2.24. The van der Waals surface area contributed by atoms with Crippen molar-refractivity contribution in [3.8, 4) is 0 Å². The topological polar surface area (TPSA) is 37.2 Å². The van der Waals surface area contributed by atoms with Crippen molar-refractivity contribution in [3.63, 3.8) is 0 Å². The fraction of sp³-hybridized carbons (Fsp3) is 0.429. The van der Waals surface area contributed by atoms with Crippen molar-refractivity contribution in [3.05, 3.63) is 60.3 Å². The summed E-state index contributed by atoms with van der Waals surface area (Å²) in [6.07, 6.45) is 6.72. The van der Waals surface area contributed by atoms with Crippen molar-refractivity contribution < 1.29 is 0 Å². The molecular formula is C21H25N5. The molecule has 5 nitrogen and oxygen atoms in total. The van der Waals surface area contributed by atoms with Gasteiger partial charge >= 0.3 is 0 Å².